The van der Waals surface area contributed by atoms with E-state index in [4.69, 9.17) is 4.74 Å². The number of aliphatic hydroxyl groups excluding tert-OH is 1. The zero-order chi connectivity index (χ0) is 21.8. The number of rotatable bonds is 7. The first-order valence-corrected chi connectivity index (χ1v) is 10.4. The van der Waals surface area contributed by atoms with Gasteiger partial charge in [-0.25, -0.2) is 4.98 Å². The van der Waals surface area contributed by atoms with E-state index in [1.54, 1.807) is 31.6 Å². The zero-order valence-electron chi connectivity index (χ0n) is 17.8. The van der Waals surface area contributed by atoms with Crippen LogP contribution in [0.3, 0.4) is 0 Å². The van der Waals surface area contributed by atoms with Crippen molar-refractivity contribution in [1.29, 1.82) is 0 Å². The predicted octanol–water partition coefficient (Wildman–Crippen LogP) is 3.59. The Hall–Kier alpha value is -3.38. The molecule has 2 unspecified atom stereocenters. The molecule has 0 bridgehead atoms. The summed E-state index contributed by atoms with van der Waals surface area (Å²) in [5.74, 6) is 0.932. The number of ketones is 1. The highest BCUT2D eigenvalue weighted by molar-refractivity contribution is 6.04. The normalized spacial score (nSPS) is 18.6. The van der Waals surface area contributed by atoms with Crippen LogP contribution in [0.5, 0.6) is 5.75 Å². The van der Waals surface area contributed by atoms with Crippen molar-refractivity contribution in [3.8, 4) is 11.4 Å². The minimum Gasteiger partial charge on any atom is -0.495 e. The van der Waals surface area contributed by atoms with Crippen molar-refractivity contribution in [3.63, 3.8) is 0 Å². The zero-order valence-corrected chi connectivity index (χ0v) is 17.8. The molecule has 1 fully saturated rings. The van der Waals surface area contributed by atoms with Gasteiger partial charge < -0.3 is 19.3 Å². The lowest BCUT2D eigenvalue weighted by Gasteiger charge is -2.15. The molecule has 6 heteroatoms. The predicted molar refractivity (Wildman–Crippen MR) is 120 cm³/mol. The van der Waals surface area contributed by atoms with Gasteiger partial charge in [0.05, 0.1) is 24.8 Å². The Labute approximate surface area is 182 Å². The van der Waals surface area contributed by atoms with Gasteiger partial charge in [-0.3, -0.25) is 4.79 Å². The molecule has 1 N–H and O–H groups in total. The number of ether oxygens (including phenoxy) is 1. The SMILES string of the molecule is COc1cc(C(=O)/C=C/N2CC(CO)C(c3ccccc3)C2)ccc1-n1cnc(C)c1. The largest absolute Gasteiger partial charge is 0.495 e. The molecule has 1 aliphatic heterocycles. The number of likely N-dealkylation sites (tertiary alicyclic amines) is 1. The van der Waals surface area contributed by atoms with Crippen molar-refractivity contribution in [2.45, 2.75) is 12.8 Å². The molecule has 2 aromatic carbocycles. The number of aromatic nitrogens is 2. The van der Waals surface area contributed by atoms with Crippen molar-refractivity contribution in [2.75, 3.05) is 26.8 Å². The first-order chi connectivity index (χ1) is 15.1. The number of allylic oxidation sites excluding steroid dienone is 1. The van der Waals surface area contributed by atoms with Gasteiger partial charge in [-0.2, -0.15) is 0 Å². The minimum atomic E-state index is -0.0876. The van der Waals surface area contributed by atoms with E-state index in [1.807, 2.05) is 48.2 Å². The standard InChI is InChI=1S/C25H27N3O3/c1-18-13-28(17-26-18)23-9-8-20(12-25(23)31-2)24(30)10-11-27-14-21(16-29)22(15-27)19-6-4-3-5-7-19/h3-13,17,21-22,29H,14-16H2,1-2H3/b11-10+. The van der Waals surface area contributed by atoms with Crippen LogP contribution in [0.4, 0.5) is 0 Å². The number of hydrogen-bond acceptors (Lipinski definition) is 5. The van der Waals surface area contributed by atoms with Gasteiger partial charge in [0.1, 0.15) is 5.75 Å². The second-order valence-corrected chi connectivity index (χ2v) is 7.90. The quantitative estimate of drug-likeness (QED) is 0.470. The molecule has 0 amide bonds. The maximum absolute atomic E-state index is 12.8. The van der Waals surface area contributed by atoms with E-state index in [0.717, 1.165) is 24.5 Å². The fraction of sp³-hybridized carbons (Fsp3) is 0.280. The van der Waals surface area contributed by atoms with Gasteiger partial charge in [-0.05, 0) is 30.7 Å². The maximum atomic E-state index is 12.8. The van der Waals surface area contributed by atoms with Gasteiger partial charge in [0, 0.05) is 55.6 Å². The van der Waals surface area contributed by atoms with E-state index in [2.05, 4.69) is 22.0 Å². The van der Waals surface area contributed by atoms with Crippen LogP contribution in [-0.2, 0) is 0 Å². The van der Waals surface area contributed by atoms with Crippen LogP contribution in [-0.4, -0.2) is 52.1 Å². The Bertz CT molecular complexity index is 1070. The van der Waals surface area contributed by atoms with Crippen LogP contribution in [0.2, 0.25) is 0 Å². The molecule has 1 aliphatic rings. The topological polar surface area (TPSA) is 67.6 Å². The summed E-state index contributed by atoms with van der Waals surface area (Å²) in [6.45, 7) is 3.56. The highest BCUT2D eigenvalue weighted by atomic mass is 16.5. The molecule has 0 saturated carbocycles. The summed E-state index contributed by atoms with van der Waals surface area (Å²) in [6, 6.07) is 15.7. The highest BCUT2D eigenvalue weighted by Crippen LogP contribution is 2.32. The molecule has 1 aromatic heterocycles. The van der Waals surface area contributed by atoms with E-state index in [0.29, 0.717) is 11.3 Å². The molecule has 31 heavy (non-hydrogen) atoms. The molecule has 4 rings (SSSR count). The second-order valence-electron chi connectivity index (χ2n) is 7.90. The third-order valence-corrected chi connectivity index (χ3v) is 5.82. The van der Waals surface area contributed by atoms with Crippen molar-refractivity contribution < 1.29 is 14.6 Å². The van der Waals surface area contributed by atoms with E-state index in [-0.39, 0.29) is 24.2 Å². The number of aryl methyl sites for hydroxylation is 1. The van der Waals surface area contributed by atoms with Gasteiger partial charge in [-0.15, -0.1) is 0 Å². The second kappa shape index (κ2) is 9.18. The number of imidazole rings is 1. The summed E-state index contributed by atoms with van der Waals surface area (Å²) >= 11 is 0. The monoisotopic (exact) mass is 417 g/mol. The minimum absolute atomic E-state index is 0.0876. The van der Waals surface area contributed by atoms with Crippen LogP contribution < -0.4 is 4.74 Å². The lowest BCUT2D eigenvalue weighted by molar-refractivity contribution is 0.104. The number of benzene rings is 2. The van der Waals surface area contributed by atoms with Crippen LogP contribution in [0.1, 0.15) is 27.5 Å². The Morgan fingerprint density at radius 1 is 1.23 bits per heavy atom. The van der Waals surface area contributed by atoms with Crippen LogP contribution in [0, 0.1) is 12.8 Å². The molecule has 0 aliphatic carbocycles. The van der Waals surface area contributed by atoms with Gasteiger partial charge >= 0.3 is 0 Å². The summed E-state index contributed by atoms with van der Waals surface area (Å²) in [6.07, 6.45) is 7.07. The number of nitrogens with zero attached hydrogens (tertiary/aromatic N) is 3. The summed E-state index contributed by atoms with van der Waals surface area (Å²) in [5, 5.41) is 9.81. The number of carbonyl (C=O) groups excluding carboxylic acids is 1. The number of methoxy groups -OCH3 is 1. The van der Waals surface area contributed by atoms with Crippen molar-refractivity contribution >= 4 is 5.78 Å². The van der Waals surface area contributed by atoms with E-state index < -0.39 is 0 Å². The summed E-state index contributed by atoms with van der Waals surface area (Å²) in [7, 11) is 1.59. The molecule has 2 heterocycles. The molecule has 0 radical (unpaired) electrons. The molecule has 1 saturated heterocycles. The van der Waals surface area contributed by atoms with Crippen molar-refractivity contribution in [2.24, 2.45) is 5.92 Å². The number of aliphatic hydroxyl groups is 1. The molecular formula is C25H27N3O3. The fourth-order valence-electron chi connectivity index (χ4n) is 4.16. The lowest BCUT2D eigenvalue weighted by atomic mass is 9.90. The lowest BCUT2D eigenvalue weighted by Crippen LogP contribution is -2.15. The van der Waals surface area contributed by atoms with E-state index in [1.165, 1.54) is 5.56 Å². The Balaban J connectivity index is 1.48. The first-order valence-electron chi connectivity index (χ1n) is 10.4. The summed E-state index contributed by atoms with van der Waals surface area (Å²) in [5.41, 5.74) is 3.52. The molecular weight excluding hydrogens is 390 g/mol. The molecule has 160 valence electrons. The number of hydrogen-bond donors (Lipinski definition) is 1. The summed E-state index contributed by atoms with van der Waals surface area (Å²) < 4.78 is 7.38. The summed E-state index contributed by atoms with van der Waals surface area (Å²) in [4.78, 5) is 19.1. The smallest absolute Gasteiger partial charge is 0.187 e. The van der Waals surface area contributed by atoms with Gasteiger partial charge in [0.2, 0.25) is 0 Å². The van der Waals surface area contributed by atoms with Gasteiger partial charge in [0.25, 0.3) is 0 Å². The fourth-order valence-corrected chi connectivity index (χ4v) is 4.16. The maximum Gasteiger partial charge on any atom is 0.187 e. The first kappa shape index (κ1) is 20.9. The average molecular weight is 418 g/mol. The highest BCUT2D eigenvalue weighted by Gasteiger charge is 2.31. The van der Waals surface area contributed by atoms with Crippen LogP contribution in [0.25, 0.3) is 5.69 Å². The van der Waals surface area contributed by atoms with Crippen molar-refractivity contribution in [3.05, 3.63) is 90.2 Å². The van der Waals surface area contributed by atoms with Crippen LogP contribution >= 0.6 is 0 Å². The Kier molecular flexibility index (Phi) is 6.18. The molecule has 2 atom stereocenters. The molecule has 6 nitrogen and oxygen atoms in total. The van der Waals surface area contributed by atoms with Crippen LogP contribution in [0.15, 0.2) is 73.3 Å². The third-order valence-electron chi connectivity index (χ3n) is 5.82. The van der Waals surface area contributed by atoms with E-state index >= 15 is 0 Å². The molecule has 0 spiro atoms. The molecule has 3 aromatic rings. The van der Waals surface area contributed by atoms with Gasteiger partial charge in [-0.1, -0.05) is 30.3 Å². The Morgan fingerprint density at radius 3 is 2.71 bits per heavy atom. The average Bonchev–Trinajstić information content (AvgIpc) is 3.43. The van der Waals surface area contributed by atoms with Gasteiger partial charge in [0.15, 0.2) is 5.78 Å². The number of carbonyl (C=O) groups is 1. The van der Waals surface area contributed by atoms with Crippen molar-refractivity contribution in [1.82, 2.24) is 14.5 Å². The Morgan fingerprint density at radius 2 is 2.03 bits per heavy atom. The van der Waals surface area contributed by atoms with E-state index in [9.17, 15) is 9.90 Å². The third kappa shape index (κ3) is 4.54.